The fourth-order valence-corrected chi connectivity index (χ4v) is 3.94. The maximum absolute atomic E-state index is 14.8. The summed E-state index contributed by atoms with van der Waals surface area (Å²) >= 11 is 6.16. The molecule has 0 amide bonds. The van der Waals surface area contributed by atoms with Crippen LogP contribution in [0.15, 0.2) is 32.9 Å². The fraction of sp³-hybridized carbons (Fsp3) is 0.429. The molecule has 34 heavy (non-hydrogen) atoms. The third kappa shape index (κ3) is 4.46. The molecule has 0 N–H and O–H groups in total. The standard InChI is InChI=1S/C21H20ClF4N3O5/c1-4-6-20(18(31)33-5-2)10-14(27-34-20)11-7-15(13(23)8-12(11)22)29-17(30)9-16(21(24,25)26)28(3)19(29)32/h7-9H,4-6,10H2,1-3H3. The molecule has 1 aliphatic heterocycles. The van der Waals surface area contributed by atoms with E-state index in [0.717, 1.165) is 19.2 Å². The first-order valence-electron chi connectivity index (χ1n) is 10.2. The van der Waals surface area contributed by atoms with Gasteiger partial charge in [0.05, 0.1) is 23.0 Å². The van der Waals surface area contributed by atoms with E-state index in [2.05, 4.69) is 5.16 Å². The number of carbonyl (C=O) groups excluding carboxylic acids is 1. The van der Waals surface area contributed by atoms with Crippen LogP contribution in [0.5, 0.6) is 0 Å². The highest BCUT2D eigenvalue weighted by atomic mass is 35.5. The maximum Gasteiger partial charge on any atom is 0.431 e. The zero-order valence-electron chi connectivity index (χ0n) is 18.3. The van der Waals surface area contributed by atoms with Gasteiger partial charge in [-0.2, -0.15) is 13.2 Å². The van der Waals surface area contributed by atoms with Crippen LogP contribution in [0.3, 0.4) is 0 Å². The summed E-state index contributed by atoms with van der Waals surface area (Å²) < 4.78 is 59.7. The van der Waals surface area contributed by atoms with Gasteiger partial charge < -0.3 is 9.57 Å². The number of oxime groups is 1. The van der Waals surface area contributed by atoms with Crippen LogP contribution in [0, 0.1) is 5.82 Å². The molecule has 0 bridgehead atoms. The summed E-state index contributed by atoms with van der Waals surface area (Å²) in [5.74, 6) is -1.78. The van der Waals surface area contributed by atoms with Gasteiger partial charge in [-0.15, -0.1) is 0 Å². The topological polar surface area (TPSA) is 91.9 Å². The lowest BCUT2D eigenvalue weighted by Crippen LogP contribution is -2.41. The highest BCUT2D eigenvalue weighted by Gasteiger charge is 2.48. The molecular weight excluding hydrogens is 486 g/mol. The molecule has 2 aromatic rings. The summed E-state index contributed by atoms with van der Waals surface area (Å²) in [6.45, 7) is 3.54. The third-order valence-electron chi connectivity index (χ3n) is 5.28. The molecule has 2 heterocycles. The highest BCUT2D eigenvalue weighted by Crippen LogP contribution is 2.35. The quantitative estimate of drug-likeness (QED) is 0.442. The van der Waals surface area contributed by atoms with Gasteiger partial charge in [-0.1, -0.05) is 30.1 Å². The van der Waals surface area contributed by atoms with Gasteiger partial charge in [-0.25, -0.2) is 18.5 Å². The lowest BCUT2D eigenvalue weighted by Gasteiger charge is -2.23. The number of hydrogen-bond donors (Lipinski definition) is 0. The molecule has 1 aromatic carbocycles. The zero-order valence-corrected chi connectivity index (χ0v) is 19.1. The van der Waals surface area contributed by atoms with E-state index in [1.54, 1.807) is 6.92 Å². The summed E-state index contributed by atoms with van der Waals surface area (Å²) in [6.07, 6.45) is -4.27. The Morgan fingerprint density at radius 2 is 1.94 bits per heavy atom. The summed E-state index contributed by atoms with van der Waals surface area (Å²) in [6, 6.07) is 1.99. The molecule has 184 valence electrons. The normalized spacial score (nSPS) is 17.9. The minimum atomic E-state index is -4.97. The van der Waals surface area contributed by atoms with Gasteiger partial charge in [0.25, 0.3) is 5.56 Å². The Morgan fingerprint density at radius 3 is 2.53 bits per heavy atom. The van der Waals surface area contributed by atoms with Crippen LogP contribution in [-0.2, 0) is 27.6 Å². The zero-order chi connectivity index (χ0) is 25.4. The fourth-order valence-electron chi connectivity index (χ4n) is 3.68. The van der Waals surface area contributed by atoms with Gasteiger partial charge >= 0.3 is 17.8 Å². The highest BCUT2D eigenvalue weighted by molar-refractivity contribution is 6.34. The van der Waals surface area contributed by atoms with E-state index in [1.807, 2.05) is 6.92 Å². The van der Waals surface area contributed by atoms with E-state index < -0.39 is 46.2 Å². The van der Waals surface area contributed by atoms with Crippen LogP contribution < -0.4 is 11.2 Å². The van der Waals surface area contributed by atoms with Gasteiger partial charge in [0, 0.05) is 31.5 Å². The number of carbonyl (C=O) groups is 1. The van der Waals surface area contributed by atoms with Gasteiger partial charge in [0.1, 0.15) is 11.5 Å². The number of esters is 1. The Morgan fingerprint density at radius 1 is 1.26 bits per heavy atom. The van der Waals surface area contributed by atoms with Crippen molar-refractivity contribution in [2.75, 3.05) is 6.61 Å². The van der Waals surface area contributed by atoms with Crippen molar-refractivity contribution in [2.45, 2.75) is 44.9 Å². The van der Waals surface area contributed by atoms with Crippen LogP contribution in [-0.4, -0.2) is 33.0 Å². The van der Waals surface area contributed by atoms with E-state index in [9.17, 15) is 31.9 Å². The van der Waals surface area contributed by atoms with Crippen molar-refractivity contribution >= 4 is 23.3 Å². The lowest BCUT2D eigenvalue weighted by atomic mass is 9.90. The molecule has 0 spiro atoms. The van der Waals surface area contributed by atoms with E-state index in [0.29, 0.717) is 6.42 Å². The first-order valence-corrected chi connectivity index (χ1v) is 10.6. The van der Waals surface area contributed by atoms with Crippen molar-refractivity contribution in [2.24, 2.45) is 12.2 Å². The molecule has 1 aliphatic rings. The van der Waals surface area contributed by atoms with Gasteiger partial charge in [-0.05, 0) is 19.1 Å². The summed E-state index contributed by atoms with van der Waals surface area (Å²) in [7, 11) is 0.809. The molecular formula is C21H20ClF4N3O5. The predicted molar refractivity (Wildman–Crippen MR) is 114 cm³/mol. The van der Waals surface area contributed by atoms with Crippen LogP contribution in [0.1, 0.15) is 44.4 Å². The third-order valence-corrected chi connectivity index (χ3v) is 5.60. The van der Waals surface area contributed by atoms with E-state index in [4.69, 9.17) is 21.2 Å². The Hall–Kier alpha value is -3.15. The van der Waals surface area contributed by atoms with E-state index >= 15 is 0 Å². The number of halogens is 5. The first-order chi connectivity index (χ1) is 15.9. The van der Waals surface area contributed by atoms with Crippen molar-refractivity contribution < 1.29 is 31.9 Å². The molecule has 8 nitrogen and oxygen atoms in total. The number of aromatic nitrogens is 2. The second-order valence-electron chi connectivity index (χ2n) is 7.60. The van der Waals surface area contributed by atoms with E-state index in [1.165, 1.54) is 0 Å². The Kier molecular flexibility index (Phi) is 6.92. The first kappa shape index (κ1) is 25.5. The minimum absolute atomic E-state index is 0.0363. The van der Waals surface area contributed by atoms with Crippen LogP contribution in [0.2, 0.25) is 5.02 Å². The van der Waals surface area contributed by atoms with E-state index in [-0.39, 0.29) is 50.9 Å². The molecule has 0 radical (unpaired) electrons. The van der Waals surface area contributed by atoms with Gasteiger partial charge in [0.2, 0.25) is 5.60 Å². The maximum atomic E-state index is 14.8. The number of alkyl halides is 3. The molecule has 0 fully saturated rings. The molecule has 13 heteroatoms. The van der Waals surface area contributed by atoms with Crippen molar-refractivity contribution in [1.82, 2.24) is 9.13 Å². The smallest absolute Gasteiger partial charge is 0.431 e. The molecule has 1 aromatic heterocycles. The molecule has 3 rings (SSSR count). The molecule has 0 aliphatic carbocycles. The lowest BCUT2D eigenvalue weighted by molar-refractivity contribution is -0.170. The number of benzene rings is 1. The summed E-state index contributed by atoms with van der Waals surface area (Å²) in [5.41, 5.74) is -6.20. The van der Waals surface area contributed by atoms with Crippen LogP contribution in [0.25, 0.3) is 5.69 Å². The molecule has 0 saturated carbocycles. The van der Waals surface area contributed by atoms with Crippen molar-refractivity contribution in [3.05, 3.63) is 61.1 Å². The molecule has 1 unspecified atom stereocenters. The number of rotatable bonds is 6. The number of hydrogen-bond acceptors (Lipinski definition) is 6. The molecule has 0 saturated heterocycles. The second-order valence-corrected chi connectivity index (χ2v) is 8.00. The Labute approximate surface area is 195 Å². The number of ether oxygens (including phenoxy) is 1. The Balaban J connectivity index is 2.13. The predicted octanol–water partition coefficient (Wildman–Crippen LogP) is 3.57. The second kappa shape index (κ2) is 9.24. The Bertz CT molecular complexity index is 1280. The summed E-state index contributed by atoms with van der Waals surface area (Å²) in [4.78, 5) is 42.9. The average molecular weight is 506 g/mol. The summed E-state index contributed by atoms with van der Waals surface area (Å²) in [5, 5.41) is 3.74. The molecule has 1 atom stereocenters. The van der Waals surface area contributed by atoms with Crippen LogP contribution >= 0.6 is 11.6 Å². The van der Waals surface area contributed by atoms with Gasteiger partial charge in [0.15, 0.2) is 0 Å². The van der Waals surface area contributed by atoms with Crippen molar-refractivity contribution in [3.8, 4) is 5.69 Å². The van der Waals surface area contributed by atoms with Crippen LogP contribution in [0.4, 0.5) is 17.6 Å². The van der Waals surface area contributed by atoms with Gasteiger partial charge in [-0.3, -0.25) is 9.36 Å². The minimum Gasteiger partial charge on any atom is -0.463 e. The average Bonchev–Trinajstić information content (AvgIpc) is 3.17. The van der Waals surface area contributed by atoms with Crippen molar-refractivity contribution in [1.29, 1.82) is 0 Å². The van der Waals surface area contributed by atoms with Crippen molar-refractivity contribution in [3.63, 3.8) is 0 Å². The largest absolute Gasteiger partial charge is 0.463 e. The monoisotopic (exact) mass is 505 g/mol. The SMILES string of the molecule is CCCC1(C(=O)OCC)CC(c2cc(-n3c(=O)cc(C(F)(F)F)n(C)c3=O)c(F)cc2Cl)=NO1. The number of nitrogens with zero attached hydrogens (tertiary/aromatic N) is 3.